The maximum absolute atomic E-state index is 12.7. The van der Waals surface area contributed by atoms with E-state index in [9.17, 15) is 18.0 Å². The van der Waals surface area contributed by atoms with Crippen LogP contribution in [0.1, 0.15) is 11.3 Å². The summed E-state index contributed by atoms with van der Waals surface area (Å²) in [7, 11) is 0. The first kappa shape index (κ1) is 19.3. The van der Waals surface area contributed by atoms with Gasteiger partial charge in [0, 0.05) is 6.20 Å². The standard InChI is InChI=1S/C15H16F3N5O3/c1-9-12(6-3-7-21-9)25-8-10-11(23(20)14(24)22-19)4-2-5-13(10)26-15(16,17)18/h2-7H,8,19-20H2,1H3,(H,22,24). The molecule has 0 bridgehead atoms. The minimum atomic E-state index is -4.94. The molecule has 2 aromatic rings. The molecule has 0 fully saturated rings. The minimum absolute atomic E-state index is 0.0729. The summed E-state index contributed by atoms with van der Waals surface area (Å²) >= 11 is 0. The molecule has 5 N–H and O–H groups in total. The van der Waals surface area contributed by atoms with Gasteiger partial charge < -0.3 is 9.47 Å². The molecular weight excluding hydrogens is 355 g/mol. The van der Waals surface area contributed by atoms with Crippen LogP contribution in [0, 0.1) is 6.92 Å². The highest BCUT2D eigenvalue weighted by Crippen LogP contribution is 2.33. The number of rotatable bonds is 5. The fourth-order valence-electron chi connectivity index (χ4n) is 2.10. The zero-order valence-electron chi connectivity index (χ0n) is 13.6. The van der Waals surface area contributed by atoms with Crippen molar-refractivity contribution in [1.82, 2.24) is 10.4 Å². The molecule has 0 unspecified atom stereocenters. The molecule has 1 aromatic carbocycles. The summed E-state index contributed by atoms with van der Waals surface area (Å²) in [5.41, 5.74) is 2.15. The van der Waals surface area contributed by atoms with E-state index in [0.717, 1.165) is 6.07 Å². The van der Waals surface area contributed by atoms with Gasteiger partial charge in [-0.2, -0.15) is 0 Å². The number of hydrazine groups is 2. The fraction of sp³-hybridized carbons (Fsp3) is 0.200. The number of benzene rings is 1. The summed E-state index contributed by atoms with van der Waals surface area (Å²) < 4.78 is 47.6. The second kappa shape index (κ2) is 7.89. The van der Waals surface area contributed by atoms with Crippen LogP contribution in [0.4, 0.5) is 23.7 Å². The van der Waals surface area contributed by atoms with Crippen LogP contribution >= 0.6 is 0 Å². The van der Waals surface area contributed by atoms with Gasteiger partial charge in [0.1, 0.15) is 18.1 Å². The van der Waals surface area contributed by atoms with Crippen LogP contribution in [0.3, 0.4) is 0 Å². The average Bonchev–Trinajstić information content (AvgIpc) is 2.59. The Kier molecular flexibility index (Phi) is 5.85. The van der Waals surface area contributed by atoms with Gasteiger partial charge >= 0.3 is 12.4 Å². The molecule has 0 aliphatic carbocycles. The summed E-state index contributed by atoms with van der Waals surface area (Å²) in [6.07, 6.45) is -3.39. The number of aryl methyl sites for hydroxylation is 1. The number of nitrogens with one attached hydrogen (secondary N) is 1. The molecule has 11 heteroatoms. The lowest BCUT2D eigenvalue weighted by molar-refractivity contribution is -0.275. The Morgan fingerprint density at radius 1 is 1.27 bits per heavy atom. The lowest BCUT2D eigenvalue weighted by Crippen LogP contribution is -2.48. The van der Waals surface area contributed by atoms with Gasteiger partial charge in [-0.1, -0.05) is 6.07 Å². The molecule has 0 atom stereocenters. The number of nitrogens with zero attached hydrogens (tertiary/aromatic N) is 2. The third-order valence-electron chi connectivity index (χ3n) is 3.27. The zero-order valence-corrected chi connectivity index (χ0v) is 13.6. The highest BCUT2D eigenvalue weighted by molar-refractivity contribution is 5.91. The number of aromatic nitrogens is 1. The number of ether oxygens (including phenoxy) is 2. The Bertz CT molecular complexity index is 785. The monoisotopic (exact) mass is 371 g/mol. The Morgan fingerprint density at radius 3 is 2.58 bits per heavy atom. The third-order valence-corrected chi connectivity index (χ3v) is 3.27. The maximum atomic E-state index is 12.7. The Morgan fingerprint density at radius 2 is 1.96 bits per heavy atom. The minimum Gasteiger partial charge on any atom is -0.487 e. The highest BCUT2D eigenvalue weighted by Gasteiger charge is 2.33. The third kappa shape index (κ3) is 4.74. The van der Waals surface area contributed by atoms with E-state index in [1.54, 1.807) is 30.7 Å². The first-order valence-electron chi connectivity index (χ1n) is 7.20. The normalized spacial score (nSPS) is 11.0. The Labute approximate surface area is 146 Å². The fourth-order valence-corrected chi connectivity index (χ4v) is 2.10. The zero-order chi connectivity index (χ0) is 19.3. The second-order valence-corrected chi connectivity index (χ2v) is 5.00. The number of carbonyl (C=O) groups excluding carboxylic acids is 1. The molecule has 140 valence electrons. The van der Waals surface area contributed by atoms with Crippen LogP contribution < -0.4 is 31.6 Å². The van der Waals surface area contributed by atoms with Crippen molar-refractivity contribution in [3.63, 3.8) is 0 Å². The molecule has 2 amide bonds. The van der Waals surface area contributed by atoms with E-state index in [-0.39, 0.29) is 17.9 Å². The van der Waals surface area contributed by atoms with E-state index >= 15 is 0 Å². The molecule has 8 nitrogen and oxygen atoms in total. The number of amides is 2. The van der Waals surface area contributed by atoms with Gasteiger partial charge in [-0.05, 0) is 31.2 Å². The van der Waals surface area contributed by atoms with Crippen molar-refractivity contribution in [2.75, 3.05) is 5.01 Å². The highest BCUT2D eigenvalue weighted by atomic mass is 19.4. The van der Waals surface area contributed by atoms with Gasteiger partial charge in [-0.25, -0.2) is 21.5 Å². The van der Waals surface area contributed by atoms with Gasteiger partial charge in [-0.15, -0.1) is 13.2 Å². The number of carbonyl (C=O) groups is 1. The van der Waals surface area contributed by atoms with Crippen molar-refractivity contribution in [2.45, 2.75) is 19.9 Å². The van der Waals surface area contributed by atoms with Gasteiger partial charge in [0.15, 0.2) is 0 Å². The number of hydrogen-bond acceptors (Lipinski definition) is 6. The van der Waals surface area contributed by atoms with Crippen LogP contribution in [-0.4, -0.2) is 17.4 Å². The summed E-state index contributed by atoms with van der Waals surface area (Å²) in [5, 5.41) is 0.554. The van der Waals surface area contributed by atoms with Crippen molar-refractivity contribution in [3.05, 3.63) is 47.8 Å². The second-order valence-electron chi connectivity index (χ2n) is 5.00. The van der Waals surface area contributed by atoms with Crippen LogP contribution in [0.25, 0.3) is 0 Å². The molecule has 0 saturated heterocycles. The molecule has 0 aliphatic heterocycles. The van der Waals surface area contributed by atoms with Crippen molar-refractivity contribution < 1.29 is 27.4 Å². The first-order valence-corrected chi connectivity index (χ1v) is 7.20. The summed E-state index contributed by atoms with van der Waals surface area (Å²) in [6, 6.07) is 5.93. The lowest BCUT2D eigenvalue weighted by atomic mass is 10.1. The largest absolute Gasteiger partial charge is 0.573 e. The van der Waals surface area contributed by atoms with E-state index in [1.165, 1.54) is 12.1 Å². The van der Waals surface area contributed by atoms with Crippen LogP contribution in [0.5, 0.6) is 11.5 Å². The number of pyridine rings is 1. The van der Waals surface area contributed by atoms with Crippen LogP contribution in [0.2, 0.25) is 0 Å². The quantitative estimate of drug-likeness (QED) is 0.421. The molecule has 0 spiro atoms. The summed E-state index contributed by atoms with van der Waals surface area (Å²) in [6.45, 7) is 1.31. The predicted octanol–water partition coefficient (Wildman–Crippen LogP) is 2.13. The van der Waals surface area contributed by atoms with Gasteiger partial charge in [-0.3, -0.25) is 10.4 Å². The Hall–Kier alpha value is -3.05. The first-order chi connectivity index (χ1) is 12.2. The number of nitrogens with two attached hydrogens (primary N) is 2. The van der Waals surface area contributed by atoms with E-state index in [4.69, 9.17) is 16.4 Å². The topological polar surface area (TPSA) is 116 Å². The molecular formula is C15H16F3N5O3. The van der Waals surface area contributed by atoms with E-state index in [1.807, 2.05) is 0 Å². The number of halogens is 3. The molecule has 1 heterocycles. The lowest BCUT2D eigenvalue weighted by Gasteiger charge is -2.22. The van der Waals surface area contributed by atoms with Crippen molar-refractivity contribution in [2.24, 2.45) is 11.7 Å². The maximum Gasteiger partial charge on any atom is 0.573 e. The van der Waals surface area contributed by atoms with E-state index < -0.39 is 18.1 Å². The molecule has 2 rings (SSSR count). The van der Waals surface area contributed by atoms with Gasteiger partial charge in [0.05, 0.1) is 16.9 Å². The van der Waals surface area contributed by atoms with Crippen molar-refractivity contribution >= 4 is 11.7 Å². The molecule has 1 aromatic heterocycles. The summed E-state index contributed by atoms with van der Waals surface area (Å²) in [5.74, 6) is 10.4. The molecule has 0 saturated carbocycles. The molecule has 0 aliphatic rings. The Balaban J connectivity index is 2.41. The van der Waals surface area contributed by atoms with Crippen molar-refractivity contribution in [3.8, 4) is 11.5 Å². The summed E-state index contributed by atoms with van der Waals surface area (Å²) in [4.78, 5) is 15.7. The van der Waals surface area contributed by atoms with E-state index in [0.29, 0.717) is 16.5 Å². The SMILES string of the molecule is Cc1ncccc1OCc1c(OC(F)(F)F)cccc1N(N)C(=O)NN. The molecule has 26 heavy (non-hydrogen) atoms. The van der Waals surface area contributed by atoms with Crippen LogP contribution in [0.15, 0.2) is 36.5 Å². The van der Waals surface area contributed by atoms with E-state index in [2.05, 4.69) is 9.72 Å². The van der Waals surface area contributed by atoms with Crippen molar-refractivity contribution in [1.29, 1.82) is 0 Å². The smallest absolute Gasteiger partial charge is 0.487 e. The number of anilines is 1. The van der Waals surface area contributed by atoms with Crippen LogP contribution in [-0.2, 0) is 6.61 Å². The van der Waals surface area contributed by atoms with Gasteiger partial charge in [0.2, 0.25) is 0 Å². The predicted molar refractivity (Wildman–Crippen MR) is 85.8 cm³/mol. The number of alkyl halides is 3. The van der Waals surface area contributed by atoms with Gasteiger partial charge in [0.25, 0.3) is 0 Å². The number of urea groups is 1. The molecule has 0 radical (unpaired) electrons. The number of hydrogen-bond donors (Lipinski definition) is 3. The average molecular weight is 371 g/mol.